The predicted octanol–water partition coefficient (Wildman–Crippen LogP) is 1.47. The number of unbranched alkanes of at least 4 members (excludes halogenated alkanes) is 4. The van der Waals surface area contributed by atoms with E-state index < -0.39 is 18.3 Å². The maximum atomic E-state index is 14.6. The Balaban J connectivity index is 1.50. The summed E-state index contributed by atoms with van der Waals surface area (Å²) in [5, 5.41) is 10.6. The molecule has 1 amide bonds. The number of piperidine rings is 1. The minimum absolute atomic E-state index is 0.0660. The molecule has 4 heterocycles. The van der Waals surface area contributed by atoms with Gasteiger partial charge in [0.15, 0.2) is 0 Å². The van der Waals surface area contributed by atoms with Crippen molar-refractivity contribution < 1.29 is 14.1 Å². The molecule has 44 heavy (non-hydrogen) atoms. The minimum Gasteiger partial charge on any atom is -0.350 e. The van der Waals surface area contributed by atoms with Crippen molar-refractivity contribution in [1.82, 2.24) is 36.7 Å². The molecule has 0 bridgehead atoms. The first-order valence-electron chi connectivity index (χ1n) is 17.4. The number of hydroxylamine groups is 2. The molecular formula is C32H62FN9O2. The normalized spacial score (nSPS) is 36.7. The third-order valence-electron chi connectivity index (χ3n) is 10.7. The van der Waals surface area contributed by atoms with Crippen LogP contribution < -0.4 is 38.4 Å². The van der Waals surface area contributed by atoms with Crippen LogP contribution in [0.1, 0.15) is 85.5 Å². The predicted molar refractivity (Wildman–Crippen MR) is 174 cm³/mol. The largest absolute Gasteiger partial charge is 0.350 e. The van der Waals surface area contributed by atoms with Gasteiger partial charge in [0.2, 0.25) is 5.91 Å². The van der Waals surface area contributed by atoms with Gasteiger partial charge in [-0.25, -0.2) is 9.33 Å². The summed E-state index contributed by atoms with van der Waals surface area (Å²) in [6.45, 7) is 13.4. The molecule has 0 aromatic heterocycles. The summed E-state index contributed by atoms with van der Waals surface area (Å²) >= 11 is 0. The van der Waals surface area contributed by atoms with Crippen LogP contribution in [0.5, 0.6) is 0 Å². The van der Waals surface area contributed by atoms with Crippen LogP contribution in [0.2, 0.25) is 0 Å². The second kappa shape index (κ2) is 17.1. The fraction of sp³-hybridized carbons (Fsp3) is 0.906. The van der Waals surface area contributed by atoms with Crippen LogP contribution in [-0.2, 0) is 9.73 Å². The first-order valence-corrected chi connectivity index (χ1v) is 17.4. The maximum absolute atomic E-state index is 14.6. The highest BCUT2D eigenvalue weighted by molar-refractivity contribution is 5.80. The van der Waals surface area contributed by atoms with Gasteiger partial charge in [-0.05, 0) is 44.6 Å². The van der Waals surface area contributed by atoms with Gasteiger partial charge < -0.3 is 27.4 Å². The van der Waals surface area contributed by atoms with E-state index in [1.165, 1.54) is 25.7 Å². The molecule has 3 fully saturated rings. The highest BCUT2D eigenvalue weighted by atomic mass is 19.1. The lowest BCUT2D eigenvalue weighted by molar-refractivity contribution is -0.129. The Bertz CT molecular complexity index is 905. The zero-order valence-corrected chi connectivity index (χ0v) is 27.7. The van der Waals surface area contributed by atoms with E-state index in [9.17, 15) is 9.18 Å². The van der Waals surface area contributed by atoms with E-state index in [4.69, 9.17) is 16.4 Å². The zero-order chi connectivity index (χ0) is 31.7. The lowest BCUT2D eigenvalue weighted by atomic mass is 9.75. The van der Waals surface area contributed by atoms with Crippen molar-refractivity contribution in [2.45, 2.75) is 134 Å². The number of nitrogens with two attached hydrogens (primary N) is 2. The monoisotopic (exact) mass is 624 g/mol. The summed E-state index contributed by atoms with van der Waals surface area (Å²) in [4.78, 5) is 24.6. The molecule has 4 aliphatic heterocycles. The molecule has 0 aromatic carbocycles. The summed E-state index contributed by atoms with van der Waals surface area (Å²) in [6, 6.07) is 0.201. The van der Waals surface area contributed by atoms with Crippen LogP contribution in [-0.4, -0.2) is 104 Å². The summed E-state index contributed by atoms with van der Waals surface area (Å²) in [5.74, 6) is -0.803. The molecule has 0 saturated carbocycles. The second-order valence-electron chi connectivity index (χ2n) is 14.0. The summed E-state index contributed by atoms with van der Waals surface area (Å²) in [5.41, 5.74) is 18.6. The van der Waals surface area contributed by atoms with E-state index in [1.807, 2.05) is 6.08 Å². The molecule has 9 atom stereocenters. The molecule has 12 heteroatoms. The molecular weight excluding hydrogens is 561 g/mol. The number of allylic oxidation sites excluding steroid dienone is 1. The van der Waals surface area contributed by atoms with Crippen molar-refractivity contribution in [3.05, 3.63) is 12.2 Å². The third kappa shape index (κ3) is 9.42. The van der Waals surface area contributed by atoms with Crippen LogP contribution in [0.15, 0.2) is 12.2 Å². The Kier molecular flexibility index (Phi) is 13.8. The van der Waals surface area contributed by atoms with Gasteiger partial charge in [0.25, 0.3) is 0 Å². The Labute approximate surface area is 265 Å². The number of nitrogens with one attached hydrogen (secondary N) is 5. The van der Waals surface area contributed by atoms with Crippen molar-refractivity contribution in [2.75, 3.05) is 39.3 Å². The van der Waals surface area contributed by atoms with E-state index in [0.29, 0.717) is 6.42 Å². The van der Waals surface area contributed by atoms with Gasteiger partial charge in [0, 0.05) is 50.8 Å². The first kappa shape index (κ1) is 35.6. The SMILES string of the molecule is CCCCCCCC1NCCC(N2CCN(C3NONC3C)CC2)C1NC(=O)C(C(N)N)C1CC(C)(CC)C=CC(F)CN1. The summed E-state index contributed by atoms with van der Waals surface area (Å²) in [6.07, 6.45) is 11.3. The lowest BCUT2D eigenvalue weighted by Gasteiger charge is -2.48. The van der Waals surface area contributed by atoms with Crippen molar-refractivity contribution >= 4 is 5.91 Å². The zero-order valence-electron chi connectivity index (χ0n) is 27.7. The number of carbonyl (C=O) groups is 1. The number of amides is 1. The number of hydrogen-bond donors (Lipinski definition) is 7. The summed E-state index contributed by atoms with van der Waals surface area (Å²) < 4.78 is 14.6. The third-order valence-corrected chi connectivity index (χ3v) is 10.7. The van der Waals surface area contributed by atoms with Crippen LogP contribution in [0.4, 0.5) is 4.39 Å². The maximum Gasteiger partial charge on any atom is 0.227 e. The van der Waals surface area contributed by atoms with Crippen molar-refractivity contribution in [3.8, 4) is 0 Å². The number of rotatable bonds is 13. The number of hydrogen-bond acceptors (Lipinski definition) is 10. The smallest absolute Gasteiger partial charge is 0.227 e. The van der Waals surface area contributed by atoms with E-state index in [2.05, 4.69) is 64.4 Å². The molecule has 4 rings (SSSR count). The van der Waals surface area contributed by atoms with Gasteiger partial charge in [-0.3, -0.25) is 14.6 Å². The van der Waals surface area contributed by atoms with Crippen LogP contribution >= 0.6 is 0 Å². The van der Waals surface area contributed by atoms with Crippen molar-refractivity contribution in [2.24, 2.45) is 22.8 Å². The number of alkyl halides is 1. The Morgan fingerprint density at radius 3 is 2.48 bits per heavy atom. The van der Waals surface area contributed by atoms with Gasteiger partial charge in [-0.2, -0.15) is 11.0 Å². The Hall–Kier alpha value is -1.22. The molecule has 9 N–H and O–H groups in total. The van der Waals surface area contributed by atoms with Crippen LogP contribution in [0, 0.1) is 11.3 Å². The molecule has 0 aliphatic carbocycles. The Morgan fingerprint density at radius 2 is 1.82 bits per heavy atom. The minimum atomic E-state index is -1.12. The molecule has 4 aliphatic rings. The van der Waals surface area contributed by atoms with Crippen molar-refractivity contribution in [3.63, 3.8) is 0 Å². The highest BCUT2D eigenvalue weighted by Gasteiger charge is 2.43. The molecule has 0 radical (unpaired) electrons. The van der Waals surface area contributed by atoms with Gasteiger partial charge in [0.05, 0.1) is 24.2 Å². The fourth-order valence-electron chi connectivity index (χ4n) is 7.65. The molecule has 0 aromatic rings. The van der Waals surface area contributed by atoms with Gasteiger partial charge in [-0.15, -0.1) is 0 Å². The lowest BCUT2D eigenvalue weighted by Crippen LogP contribution is -2.69. The molecule has 0 spiro atoms. The number of nitrogens with zero attached hydrogens (tertiary/aromatic N) is 2. The first-order chi connectivity index (χ1) is 21.2. The van der Waals surface area contributed by atoms with Gasteiger partial charge in [-0.1, -0.05) is 65.0 Å². The van der Waals surface area contributed by atoms with Gasteiger partial charge in [0.1, 0.15) is 12.3 Å². The number of piperazine rings is 1. The average molecular weight is 624 g/mol. The molecule has 3 saturated heterocycles. The van der Waals surface area contributed by atoms with E-state index in [0.717, 1.165) is 58.4 Å². The fourth-order valence-corrected chi connectivity index (χ4v) is 7.65. The molecule has 254 valence electrons. The highest BCUT2D eigenvalue weighted by Crippen LogP contribution is 2.33. The van der Waals surface area contributed by atoms with E-state index >= 15 is 0 Å². The average Bonchev–Trinajstić information content (AvgIpc) is 3.44. The van der Waals surface area contributed by atoms with Gasteiger partial charge >= 0.3 is 0 Å². The van der Waals surface area contributed by atoms with Crippen LogP contribution in [0.3, 0.4) is 0 Å². The van der Waals surface area contributed by atoms with E-state index in [1.54, 1.807) is 6.08 Å². The molecule has 11 nitrogen and oxygen atoms in total. The molecule has 9 unspecified atom stereocenters. The number of halogens is 1. The topological polar surface area (TPSA) is 145 Å². The van der Waals surface area contributed by atoms with E-state index in [-0.39, 0.29) is 54.2 Å². The van der Waals surface area contributed by atoms with Crippen molar-refractivity contribution in [1.29, 1.82) is 0 Å². The van der Waals surface area contributed by atoms with Crippen LogP contribution in [0.25, 0.3) is 0 Å². The standard InChI is InChI=1S/C32H62FN9O2/c1-5-7-8-9-10-11-24-28(26(13-15-36-24)41-16-18-42(19-17-41)30-22(3)39-44-40-30)38-31(43)27(29(34)35)25-20-32(4,6-2)14-12-23(33)21-37-25/h12,14,22-30,36-37,39-40H,5-11,13,15-21,34-35H2,1-4H3,(H,38,43). The number of carbonyl (C=O) groups excluding carboxylic acids is 1. The Morgan fingerprint density at radius 1 is 1.09 bits per heavy atom. The second-order valence-corrected chi connectivity index (χ2v) is 14.0. The quantitative estimate of drug-likeness (QED) is 0.0915. The summed E-state index contributed by atoms with van der Waals surface area (Å²) in [7, 11) is 0.